The number of ether oxygens (including phenoxy) is 1. The fourth-order valence-electron chi connectivity index (χ4n) is 4.29. The van der Waals surface area contributed by atoms with E-state index in [-0.39, 0.29) is 18.4 Å². The molecule has 0 spiro atoms. The van der Waals surface area contributed by atoms with E-state index in [1.807, 2.05) is 19.1 Å². The Morgan fingerprint density at radius 1 is 1.28 bits per heavy atom. The van der Waals surface area contributed by atoms with Gasteiger partial charge in [0.1, 0.15) is 5.75 Å². The molecule has 1 aromatic carbocycles. The average Bonchev–Trinajstić information content (AvgIpc) is 3.04. The zero-order valence-corrected chi connectivity index (χ0v) is 16.3. The Labute approximate surface area is 161 Å². The summed E-state index contributed by atoms with van der Waals surface area (Å²) >= 11 is 0. The molecule has 0 bridgehead atoms. The standard InChI is InChI=1S/C18H28N2O3S.ClH/c1-13-15(5-4-6-17(13)23-2)18-16(7-10-19-18)14-8-11-20(12-9-14)24(3,21)22;/h4-6,14,16,18-19H,7-12H2,1-3H3;1H/t16?,18-;/m1./s1/i2D3;. The molecular weight excluding hydrogens is 360 g/mol. The van der Waals surface area contributed by atoms with Crippen LogP contribution in [0.1, 0.15) is 40.5 Å². The zero-order chi connectivity index (χ0) is 19.8. The topological polar surface area (TPSA) is 58.6 Å². The summed E-state index contributed by atoms with van der Waals surface area (Å²) in [6.45, 7) is 3.97. The largest absolute Gasteiger partial charge is 0.496 e. The van der Waals surface area contributed by atoms with Gasteiger partial charge in [0.2, 0.25) is 10.0 Å². The Balaban J connectivity index is 0.00000280. The Kier molecular flexibility index (Phi) is 5.40. The molecule has 2 heterocycles. The van der Waals surface area contributed by atoms with E-state index in [0.29, 0.717) is 30.7 Å². The van der Waals surface area contributed by atoms with E-state index >= 15 is 0 Å². The van der Waals surface area contributed by atoms with Crippen molar-refractivity contribution in [2.75, 3.05) is 32.9 Å². The first-order chi connectivity index (χ1) is 12.6. The molecule has 25 heavy (non-hydrogen) atoms. The molecule has 0 aromatic heterocycles. The molecule has 1 N–H and O–H groups in total. The molecule has 7 heteroatoms. The number of nitrogens with zero attached hydrogens (tertiary/aromatic N) is 1. The van der Waals surface area contributed by atoms with Gasteiger partial charge >= 0.3 is 0 Å². The van der Waals surface area contributed by atoms with Crippen LogP contribution in [0.25, 0.3) is 0 Å². The Morgan fingerprint density at radius 2 is 2.00 bits per heavy atom. The van der Waals surface area contributed by atoms with Crippen molar-refractivity contribution in [1.29, 1.82) is 0 Å². The lowest BCUT2D eigenvalue weighted by molar-refractivity contribution is 0.194. The van der Waals surface area contributed by atoms with Gasteiger partial charge in [-0.2, -0.15) is 0 Å². The smallest absolute Gasteiger partial charge is 0.211 e. The molecule has 2 fully saturated rings. The highest BCUT2D eigenvalue weighted by molar-refractivity contribution is 7.88. The molecule has 1 aromatic rings. The number of rotatable bonds is 4. The molecular formula is C18H29ClN2O3S. The van der Waals surface area contributed by atoms with Gasteiger partial charge in [0.05, 0.1) is 17.4 Å². The van der Waals surface area contributed by atoms with Crippen molar-refractivity contribution in [2.45, 2.75) is 32.2 Å². The van der Waals surface area contributed by atoms with Crippen molar-refractivity contribution in [3.63, 3.8) is 0 Å². The van der Waals surface area contributed by atoms with Crippen LogP contribution >= 0.6 is 12.4 Å². The summed E-state index contributed by atoms with van der Waals surface area (Å²) in [7, 11) is -5.59. The van der Waals surface area contributed by atoms with Crippen molar-refractivity contribution in [3.8, 4) is 5.75 Å². The average molecular weight is 392 g/mol. The summed E-state index contributed by atoms with van der Waals surface area (Å²) in [6.07, 6.45) is 4.03. The van der Waals surface area contributed by atoms with Crippen LogP contribution in [0.3, 0.4) is 0 Å². The van der Waals surface area contributed by atoms with Crippen LogP contribution in [-0.4, -0.2) is 45.7 Å². The number of sulfonamides is 1. The molecule has 1 unspecified atom stereocenters. The second-order valence-electron chi connectivity index (χ2n) is 6.96. The third-order valence-corrected chi connectivity index (χ3v) is 6.92. The molecule has 142 valence electrons. The van der Waals surface area contributed by atoms with Crippen molar-refractivity contribution < 1.29 is 17.3 Å². The van der Waals surface area contributed by atoms with Gasteiger partial charge in [0.15, 0.2) is 0 Å². The highest BCUT2D eigenvalue weighted by Crippen LogP contribution is 2.41. The minimum Gasteiger partial charge on any atom is -0.496 e. The van der Waals surface area contributed by atoms with Crippen LogP contribution in [0.5, 0.6) is 5.75 Å². The molecule has 0 aliphatic carbocycles. The Bertz CT molecular complexity index is 781. The molecule has 0 amide bonds. The molecule has 3 rings (SSSR count). The molecule has 0 radical (unpaired) electrons. The Morgan fingerprint density at radius 3 is 2.64 bits per heavy atom. The number of halogens is 1. The lowest BCUT2D eigenvalue weighted by atomic mass is 9.77. The second-order valence-corrected chi connectivity index (χ2v) is 8.94. The van der Waals surface area contributed by atoms with Gasteiger partial charge in [-0.15, -0.1) is 12.4 Å². The van der Waals surface area contributed by atoms with E-state index in [4.69, 9.17) is 8.85 Å². The van der Waals surface area contributed by atoms with E-state index < -0.39 is 17.1 Å². The number of methoxy groups -OCH3 is 1. The highest BCUT2D eigenvalue weighted by Gasteiger charge is 2.37. The van der Waals surface area contributed by atoms with E-state index in [1.54, 1.807) is 10.4 Å². The minimum absolute atomic E-state index is 0. The summed E-state index contributed by atoms with van der Waals surface area (Å²) in [4.78, 5) is 0. The van der Waals surface area contributed by atoms with Gasteiger partial charge in [0.25, 0.3) is 0 Å². The zero-order valence-electron chi connectivity index (χ0n) is 17.7. The summed E-state index contributed by atoms with van der Waals surface area (Å²) in [5.41, 5.74) is 1.93. The van der Waals surface area contributed by atoms with E-state index in [9.17, 15) is 8.42 Å². The van der Waals surface area contributed by atoms with Crippen molar-refractivity contribution >= 4 is 22.4 Å². The molecule has 2 aliphatic heterocycles. The highest BCUT2D eigenvalue weighted by atomic mass is 35.5. The van der Waals surface area contributed by atoms with Gasteiger partial charge in [0, 0.05) is 19.1 Å². The van der Waals surface area contributed by atoms with Crippen molar-refractivity contribution in [3.05, 3.63) is 29.3 Å². The number of hydrogen-bond donors (Lipinski definition) is 1. The van der Waals surface area contributed by atoms with Crippen LogP contribution in [0.2, 0.25) is 0 Å². The maximum absolute atomic E-state index is 11.7. The first kappa shape index (κ1) is 16.4. The van der Waals surface area contributed by atoms with E-state index in [1.165, 1.54) is 6.26 Å². The maximum atomic E-state index is 11.7. The molecule has 2 aliphatic rings. The predicted octanol–water partition coefficient (Wildman–Crippen LogP) is 2.75. The van der Waals surface area contributed by atoms with E-state index in [2.05, 4.69) is 5.32 Å². The SMILES string of the molecule is Cl.[2H]C([2H])([2H])Oc1cccc([C@H]2NCCC2C2CCN(S(C)(=O)=O)CC2)c1C. The van der Waals surface area contributed by atoms with Crippen LogP contribution in [-0.2, 0) is 10.0 Å². The number of benzene rings is 1. The van der Waals surface area contributed by atoms with Crippen LogP contribution < -0.4 is 10.1 Å². The number of hydrogen-bond acceptors (Lipinski definition) is 4. The van der Waals surface area contributed by atoms with Gasteiger partial charge in [-0.3, -0.25) is 0 Å². The second kappa shape index (κ2) is 8.25. The molecule has 0 saturated carbocycles. The van der Waals surface area contributed by atoms with Gasteiger partial charge in [-0.25, -0.2) is 12.7 Å². The normalized spacial score (nSPS) is 27.8. The van der Waals surface area contributed by atoms with Crippen LogP contribution in [0, 0.1) is 18.8 Å². The van der Waals surface area contributed by atoms with E-state index in [0.717, 1.165) is 36.9 Å². The monoisotopic (exact) mass is 391 g/mol. The van der Waals surface area contributed by atoms with Crippen molar-refractivity contribution in [1.82, 2.24) is 9.62 Å². The molecule has 5 nitrogen and oxygen atoms in total. The number of piperidine rings is 1. The predicted molar refractivity (Wildman–Crippen MR) is 103 cm³/mol. The quantitative estimate of drug-likeness (QED) is 0.857. The van der Waals surface area contributed by atoms with Crippen molar-refractivity contribution in [2.24, 2.45) is 11.8 Å². The number of nitrogens with one attached hydrogen (secondary N) is 1. The van der Waals surface area contributed by atoms with Gasteiger partial charge in [-0.1, -0.05) is 12.1 Å². The van der Waals surface area contributed by atoms with Crippen LogP contribution in [0.15, 0.2) is 18.2 Å². The lowest BCUT2D eigenvalue weighted by Crippen LogP contribution is -2.40. The first-order valence-electron chi connectivity index (χ1n) is 10.0. The van der Waals surface area contributed by atoms with Gasteiger partial charge in [-0.05, 0) is 61.8 Å². The summed E-state index contributed by atoms with van der Waals surface area (Å²) < 4.78 is 52.3. The fraction of sp³-hybridized carbons (Fsp3) is 0.667. The summed E-state index contributed by atoms with van der Waals surface area (Å²) in [5, 5.41) is 3.56. The minimum atomic E-state index is -3.12. The third-order valence-electron chi connectivity index (χ3n) is 5.61. The lowest BCUT2D eigenvalue weighted by Gasteiger charge is -2.36. The maximum Gasteiger partial charge on any atom is 0.211 e. The first-order valence-corrected chi connectivity index (χ1v) is 10.4. The Hall–Kier alpha value is -0.820. The summed E-state index contributed by atoms with van der Waals surface area (Å²) in [5.74, 6) is 1.26. The van der Waals surface area contributed by atoms with Crippen LogP contribution in [0.4, 0.5) is 0 Å². The molecule has 2 atom stereocenters. The molecule has 2 saturated heterocycles. The summed E-state index contributed by atoms with van der Waals surface area (Å²) in [6, 6.07) is 5.70. The van der Waals surface area contributed by atoms with Gasteiger partial charge < -0.3 is 10.1 Å². The third kappa shape index (κ3) is 4.30. The fourth-order valence-corrected chi connectivity index (χ4v) is 5.16.